The van der Waals surface area contributed by atoms with Crippen LogP contribution in [0.15, 0.2) is 24.3 Å². The van der Waals surface area contributed by atoms with E-state index >= 15 is 0 Å². The smallest absolute Gasteiger partial charge is 0.303 e. The van der Waals surface area contributed by atoms with Crippen LogP contribution < -0.4 is 4.74 Å². The van der Waals surface area contributed by atoms with Crippen LogP contribution in [0.2, 0.25) is 0 Å². The number of aryl methyl sites for hydroxylation is 1. The molecular formula is C11H12N4O3. The van der Waals surface area contributed by atoms with Gasteiger partial charge in [-0.1, -0.05) is 0 Å². The van der Waals surface area contributed by atoms with Crippen molar-refractivity contribution < 1.29 is 14.6 Å². The van der Waals surface area contributed by atoms with Gasteiger partial charge in [-0.25, -0.2) is 0 Å². The maximum atomic E-state index is 10.5. The Morgan fingerprint density at radius 2 is 2.11 bits per heavy atom. The van der Waals surface area contributed by atoms with Crippen molar-refractivity contribution in [2.75, 3.05) is 7.11 Å². The van der Waals surface area contributed by atoms with Gasteiger partial charge in [-0.2, -0.15) is 4.68 Å². The van der Waals surface area contributed by atoms with E-state index in [0.717, 1.165) is 11.4 Å². The van der Waals surface area contributed by atoms with Crippen molar-refractivity contribution in [3.8, 4) is 11.4 Å². The Morgan fingerprint density at radius 3 is 2.72 bits per heavy atom. The van der Waals surface area contributed by atoms with Crippen molar-refractivity contribution in [1.82, 2.24) is 20.2 Å². The number of carboxylic acid groups (broad SMARTS) is 1. The number of tetrazole rings is 1. The van der Waals surface area contributed by atoms with Crippen LogP contribution in [0.1, 0.15) is 12.2 Å². The molecule has 0 bridgehead atoms. The standard InChI is InChI=1S/C11H12N4O3/c1-18-9-4-2-8(3-5-9)15-10(12-13-14-15)6-7-11(16)17/h2-5H,6-7H2,1H3,(H,16,17). The first-order chi connectivity index (χ1) is 8.70. The van der Waals surface area contributed by atoms with Gasteiger partial charge in [0.25, 0.3) is 0 Å². The first-order valence-electron chi connectivity index (χ1n) is 5.34. The lowest BCUT2D eigenvalue weighted by Gasteiger charge is -2.04. The summed E-state index contributed by atoms with van der Waals surface area (Å²) in [6.45, 7) is 0. The molecule has 0 aliphatic heterocycles. The minimum atomic E-state index is -0.876. The molecule has 2 rings (SSSR count). The summed E-state index contributed by atoms with van der Waals surface area (Å²) in [6.07, 6.45) is 0.283. The summed E-state index contributed by atoms with van der Waals surface area (Å²) in [5.74, 6) is 0.376. The number of aromatic nitrogens is 4. The molecule has 7 heteroatoms. The molecule has 0 radical (unpaired) electrons. The van der Waals surface area contributed by atoms with E-state index in [0.29, 0.717) is 5.82 Å². The van der Waals surface area contributed by atoms with E-state index in [1.165, 1.54) is 4.68 Å². The van der Waals surface area contributed by atoms with Crippen LogP contribution in [0, 0.1) is 0 Å². The minimum absolute atomic E-state index is 0.00344. The summed E-state index contributed by atoms with van der Waals surface area (Å²) >= 11 is 0. The SMILES string of the molecule is COc1ccc(-n2nnnc2CCC(=O)O)cc1. The third-order valence-electron chi connectivity index (χ3n) is 2.41. The molecule has 0 aliphatic rings. The fraction of sp³-hybridized carbons (Fsp3) is 0.273. The summed E-state index contributed by atoms with van der Waals surface area (Å²) in [7, 11) is 1.59. The molecule has 0 fully saturated rings. The zero-order chi connectivity index (χ0) is 13.0. The topological polar surface area (TPSA) is 90.1 Å². The van der Waals surface area contributed by atoms with Gasteiger partial charge in [-0.3, -0.25) is 4.79 Å². The summed E-state index contributed by atoms with van der Waals surface area (Å²) in [6, 6.07) is 7.19. The van der Waals surface area contributed by atoms with Crippen molar-refractivity contribution in [2.24, 2.45) is 0 Å². The number of ether oxygens (including phenoxy) is 1. The van der Waals surface area contributed by atoms with Crippen molar-refractivity contribution >= 4 is 5.97 Å². The second-order valence-electron chi connectivity index (χ2n) is 3.60. The number of hydrogen-bond donors (Lipinski definition) is 1. The van der Waals surface area contributed by atoms with Gasteiger partial charge < -0.3 is 9.84 Å². The number of benzene rings is 1. The van der Waals surface area contributed by atoms with Crippen molar-refractivity contribution in [1.29, 1.82) is 0 Å². The fourth-order valence-electron chi connectivity index (χ4n) is 1.50. The van der Waals surface area contributed by atoms with Gasteiger partial charge in [-0.15, -0.1) is 5.10 Å². The number of nitrogens with zero attached hydrogens (tertiary/aromatic N) is 4. The molecule has 1 N–H and O–H groups in total. The van der Waals surface area contributed by atoms with Gasteiger partial charge in [0.15, 0.2) is 5.82 Å². The highest BCUT2D eigenvalue weighted by Gasteiger charge is 2.10. The predicted octanol–water partition coefficient (Wildman–Crippen LogP) is 0.688. The van der Waals surface area contributed by atoms with Crippen LogP contribution in [0.5, 0.6) is 5.75 Å². The summed E-state index contributed by atoms with van der Waals surface area (Å²) in [5, 5.41) is 19.9. The van der Waals surface area contributed by atoms with E-state index in [9.17, 15) is 4.79 Å². The highest BCUT2D eigenvalue weighted by Crippen LogP contribution is 2.15. The van der Waals surface area contributed by atoms with Crippen molar-refractivity contribution in [3.63, 3.8) is 0 Å². The second-order valence-corrected chi connectivity index (χ2v) is 3.60. The molecule has 1 aromatic carbocycles. The lowest BCUT2D eigenvalue weighted by Crippen LogP contribution is -2.06. The zero-order valence-corrected chi connectivity index (χ0v) is 9.78. The lowest BCUT2D eigenvalue weighted by atomic mass is 10.2. The fourth-order valence-corrected chi connectivity index (χ4v) is 1.50. The van der Waals surface area contributed by atoms with E-state index in [2.05, 4.69) is 15.5 Å². The Kier molecular flexibility index (Phi) is 3.52. The average molecular weight is 248 g/mol. The van der Waals surface area contributed by atoms with Gasteiger partial charge in [-0.05, 0) is 34.7 Å². The number of carbonyl (C=O) groups is 1. The number of carboxylic acids is 1. The molecule has 7 nitrogen and oxygen atoms in total. The minimum Gasteiger partial charge on any atom is -0.497 e. The number of hydrogen-bond acceptors (Lipinski definition) is 5. The van der Waals surface area contributed by atoms with Crippen LogP contribution in [-0.2, 0) is 11.2 Å². The Morgan fingerprint density at radius 1 is 1.39 bits per heavy atom. The molecule has 0 aliphatic carbocycles. The molecule has 1 heterocycles. The van der Waals surface area contributed by atoms with Crippen LogP contribution in [0.25, 0.3) is 5.69 Å². The summed E-state index contributed by atoms with van der Waals surface area (Å²) in [5.41, 5.74) is 0.765. The zero-order valence-electron chi connectivity index (χ0n) is 9.78. The Balaban J connectivity index is 2.21. The first kappa shape index (κ1) is 12.0. The summed E-state index contributed by atoms with van der Waals surface area (Å²) < 4.78 is 6.57. The summed E-state index contributed by atoms with van der Waals surface area (Å²) in [4.78, 5) is 10.5. The van der Waals surface area contributed by atoms with Gasteiger partial charge >= 0.3 is 5.97 Å². The van der Waals surface area contributed by atoms with Crippen LogP contribution in [0.3, 0.4) is 0 Å². The van der Waals surface area contributed by atoms with Gasteiger partial charge in [0, 0.05) is 6.42 Å². The lowest BCUT2D eigenvalue weighted by molar-refractivity contribution is -0.137. The van der Waals surface area contributed by atoms with Crippen molar-refractivity contribution in [2.45, 2.75) is 12.8 Å². The van der Waals surface area contributed by atoms with E-state index in [4.69, 9.17) is 9.84 Å². The first-order valence-corrected chi connectivity index (χ1v) is 5.34. The van der Waals surface area contributed by atoms with E-state index in [1.807, 2.05) is 0 Å². The number of aliphatic carboxylic acids is 1. The Hall–Kier alpha value is -2.44. The Labute approximate surface area is 103 Å². The number of rotatable bonds is 5. The molecule has 94 valence electrons. The quantitative estimate of drug-likeness (QED) is 0.837. The van der Waals surface area contributed by atoms with Crippen molar-refractivity contribution in [3.05, 3.63) is 30.1 Å². The molecule has 0 saturated heterocycles. The number of methoxy groups -OCH3 is 1. The molecule has 0 amide bonds. The van der Waals surface area contributed by atoms with Gasteiger partial charge in [0.2, 0.25) is 0 Å². The van der Waals surface area contributed by atoms with E-state index < -0.39 is 5.97 Å². The van der Waals surface area contributed by atoms with Gasteiger partial charge in [0.1, 0.15) is 5.75 Å². The van der Waals surface area contributed by atoms with Crippen LogP contribution >= 0.6 is 0 Å². The monoisotopic (exact) mass is 248 g/mol. The normalized spacial score (nSPS) is 10.3. The molecule has 0 spiro atoms. The Bertz CT molecular complexity index is 535. The molecule has 0 unspecified atom stereocenters. The predicted molar refractivity (Wildman–Crippen MR) is 61.7 cm³/mol. The highest BCUT2D eigenvalue weighted by atomic mass is 16.5. The second kappa shape index (κ2) is 5.26. The molecule has 2 aromatic rings. The third-order valence-corrected chi connectivity index (χ3v) is 2.41. The van der Waals surface area contributed by atoms with Gasteiger partial charge in [0.05, 0.1) is 19.2 Å². The maximum Gasteiger partial charge on any atom is 0.303 e. The molecule has 1 aromatic heterocycles. The van der Waals surface area contributed by atoms with Crippen LogP contribution in [-0.4, -0.2) is 38.4 Å². The van der Waals surface area contributed by atoms with E-state index in [-0.39, 0.29) is 12.8 Å². The third kappa shape index (κ3) is 2.62. The maximum absolute atomic E-state index is 10.5. The molecular weight excluding hydrogens is 236 g/mol. The average Bonchev–Trinajstić information content (AvgIpc) is 2.85. The van der Waals surface area contributed by atoms with Crippen LogP contribution in [0.4, 0.5) is 0 Å². The highest BCUT2D eigenvalue weighted by molar-refractivity contribution is 5.66. The molecule has 0 saturated carbocycles. The molecule has 18 heavy (non-hydrogen) atoms. The largest absolute Gasteiger partial charge is 0.497 e. The molecule has 0 atom stereocenters. The van der Waals surface area contributed by atoms with E-state index in [1.54, 1.807) is 31.4 Å².